The lowest BCUT2D eigenvalue weighted by atomic mass is 10.3. The van der Waals surface area contributed by atoms with Crippen molar-refractivity contribution in [2.45, 2.75) is 24.9 Å². The molecule has 1 aliphatic carbocycles. The second-order valence-electron chi connectivity index (χ2n) is 3.13. The van der Waals surface area contributed by atoms with Gasteiger partial charge in [0, 0.05) is 17.5 Å². The monoisotopic (exact) mass is 205 g/mol. The average molecular weight is 205 g/mol. The van der Waals surface area contributed by atoms with E-state index in [4.69, 9.17) is 10.2 Å². The third-order valence-electron chi connectivity index (χ3n) is 1.83. The number of carboxylic acids is 1. The number of hydrogen-bond donors (Lipinski definition) is 3. The minimum atomic E-state index is -0.794. The zero-order chi connectivity index (χ0) is 9.68. The van der Waals surface area contributed by atoms with E-state index in [1.807, 2.05) is 0 Å². The van der Waals surface area contributed by atoms with E-state index in [2.05, 4.69) is 5.32 Å². The van der Waals surface area contributed by atoms with Crippen LogP contribution >= 0.6 is 11.8 Å². The molecule has 0 aromatic rings. The van der Waals surface area contributed by atoms with Gasteiger partial charge in [0.05, 0.1) is 6.61 Å². The lowest BCUT2D eigenvalue weighted by Crippen LogP contribution is -2.40. The van der Waals surface area contributed by atoms with Crippen molar-refractivity contribution < 1.29 is 15.0 Å². The van der Waals surface area contributed by atoms with Gasteiger partial charge in [-0.05, 0) is 12.8 Å². The van der Waals surface area contributed by atoms with Gasteiger partial charge in [0.2, 0.25) is 0 Å². The van der Waals surface area contributed by atoms with Crippen LogP contribution in [0.5, 0.6) is 0 Å². The van der Waals surface area contributed by atoms with Gasteiger partial charge in [-0.15, -0.1) is 0 Å². The molecule has 0 radical (unpaired) electrons. The fraction of sp³-hybridized carbons (Fsp3) is 0.875. The standard InChI is InChI=1S/C8H15NO3S/c10-3-4-13-5-7(8(11)12)9-6-1-2-6/h6-7,9-10H,1-5H2,(H,11,12). The molecule has 1 fully saturated rings. The number of aliphatic carboxylic acids is 1. The van der Waals surface area contributed by atoms with Crippen LogP contribution in [-0.2, 0) is 4.79 Å². The smallest absolute Gasteiger partial charge is 0.321 e. The number of rotatable bonds is 7. The Bertz CT molecular complexity index is 173. The predicted octanol–water partition coefficient (Wildman–Crippen LogP) is -0.0829. The van der Waals surface area contributed by atoms with Crippen LogP contribution < -0.4 is 5.32 Å². The molecule has 0 aromatic heterocycles. The topological polar surface area (TPSA) is 69.6 Å². The molecule has 0 aromatic carbocycles. The highest BCUT2D eigenvalue weighted by Crippen LogP contribution is 2.20. The number of aliphatic hydroxyl groups excluding tert-OH is 1. The second kappa shape index (κ2) is 5.47. The molecule has 1 unspecified atom stereocenters. The van der Waals surface area contributed by atoms with Gasteiger partial charge < -0.3 is 15.5 Å². The van der Waals surface area contributed by atoms with E-state index in [1.165, 1.54) is 11.8 Å². The molecular weight excluding hydrogens is 190 g/mol. The van der Waals surface area contributed by atoms with Crippen molar-refractivity contribution in [1.82, 2.24) is 5.32 Å². The highest BCUT2D eigenvalue weighted by atomic mass is 32.2. The number of carboxylic acid groups (broad SMARTS) is 1. The minimum Gasteiger partial charge on any atom is -0.480 e. The van der Waals surface area contributed by atoms with Crippen LogP contribution in [-0.4, -0.2) is 46.4 Å². The van der Waals surface area contributed by atoms with Crippen LogP contribution in [0.25, 0.3) is 0 Å². The van der Waals surface area contributed by atoms with Crippen molar-refractivity contribution in [2.24, 2.45) is 0 Å². The van der Waals surface area contributed by atoms with Crippen LogP contribution in [0.1, 0.15) is 12.8 Å². The SMILES string of the molecule is O=C(O)C(CSCCO)NC1CC1. The lowest BCUT2D eigenvalue weighted by molar-refractivity contribution is -0.138. The van der Waals surface area contributed by atoms with Crippen molar-refractivity contribution in [2.75, 3.05) is 18.1 Å². The normalized spacial score (nSPS) is 18.5. The summed E-state index contributed by atoms with van der Waals surface area (Å²) >= 11 is 1.47. The molecule has 13 heavy (non-hydrogen) atoms. The molecule has 0 saturated heterocycles. The van der Waals surface area contributed by atoms with Gasteiger partial charge in [-0.25, -0.2) is 0 Å². The Balaban J connectivity index is 2.16. The Morgan fingerprint density at radius 1 is 1.62 bits per heavy atom. The molecule has 1 atom stereocenters. The summed E-state index contributed by atoms with van der Waals surface area (Å²) < 4.78 is 0. The van der Waals surface area contributed by atoms with Crippen LogP contribution in [0, 0.1) is 0 Å². The number of carbonyl (C=O) groups is 1. The Hall–Kier alpha value is -0.260. The van der Waals surface area contributed by atoms with E-state index in [-0.39, 0.29) is 6.61 Å². The third kappa shape index (κ3) is 4.50. The van der Waals surface area contributed by atoms with E-state index in [0.29, 0.717) is 17.5 Å². The van der Waals surface area contributed by atoms with Crippen molar-refractivity contribution in [3.63, 3.8) is 0 Å². The number of aliphatic hydroxyl groups is 1. The van der Waals surface area contributed by atoms with Gasteiger partial charge in [0.1, 0.15) is 6.04 Å². The average Bonchev–Trinajstić information content (AvgIpc) is 2.86. The molecule has 3 N–H and O–H groups in total. The molecule has 5 heteroatoms. The first-order chi connectivity index (χ1) is 6.24. The molecule has 76 valence electrons. The van der Waals surface area contributed by atoms with Gasteiger partial charge in [-0.1, -0.05) is 0 Å². The summed E-state index contributed by atoms with van der Waals surface area (Å²) in [5.41, 5.74) is 0. The fourth-order valence-electron chi connectivity index (χ4n) is 0.991. The van der Waals surface area contributed by atoms with Crippen LogP contribution in [0.4, 0.5) is 0 Å². The van der Waals surface area contributed by atoms with E-state index >= 15 is 0 Å². The summed E-state index contributed by atoms with van der Waals surface area (Å²) in [5.74, 6) is 0.347. The minimum absolute atomic E-state index is 0.112. The van der Waals surface area contributed by atoms with Crippen LogP contribution in [0.15, 0.2) is 0 Å². The molecular formula is C8H15NO3S. The largest absolute Gasteiger partial charge is 0.480 e. The highest BCUT2D eigenvalue weighted by molar-refractivity contribution is 7.99. The maximum atomic E-state index is 10.7. The zero-order valence-corrected chi connectivity index (χ0v) is 8.22. The molecule has 4 nitrogen and oxygen atoms in total. The van der Waals surface area contributed by atoms with Crippen molar-refractivity contribution >= 4 is 17.7 Å². The first-order valence-electron chi connectivity index (χ1n) is 4.41. The number of hydrogen-bond acceptors (Lipinski definition) is 4. The van der Waals surface area contributed by atoms with Crippen molar-refractivity contribution in [3.05, 3.63) is 0 Å². The lowest BCUT2D eigenvalue weighted by Gasteiger charge is -2.12. The maximum Gasteiger partial charge on any atom is 0.321 e. The van der Waals surface area contributed by atoms with Crippen LogP contribution in [0.3, 0.4) is 0 Å². The second-order valence-corrected chi connectivity index (χ2v) is 4.28. The Labute approximate surface area is 81.7 Å². The molecule has 0 amide bonds. The summed E-state index contributed by atoms with van der Waals surface area (Å²) in [6.07, 6.45) is 2.18. The highest BCUT2D eigenvalue weighted by Gasteiger charge is 2.27. The van der Waals surface area contributed by atoms with E-state index in [1.54, 1.807) is 0 Å². The van der Waals surface area contributed by atoms with Gasteiger partial charge in [-0.2, -0.15) is 11.8 Å². The summed E-state index contributed by atoms with van der Waals surface area (Å²) in [5, 5.41) is 20.4. The predicted molar refractivity (Wildman–Crippen MR) is 52.0 cm³/mol. The molecule has 0 bridgehead atoms. The van der Waals surface area contributed by atoms with E-state index in [0.717, 1.165) is 12.8 Å². The first kappa shape index (κ1) is 10.8. The van der Waals surface area contributed by atoms with Gasteiger partial charge in [0.15, 0.2) is 0 Å². The van der Waals surface area contributed by atoms with E-state index < -0.39 is 12.0 Å². The molecule has 0 spiro atoms. The third-order valence-corrected chi connectivity index (χ3v) is 2.87. The maximum absolute atomic E-state index is 10.7. The summed E-state index contributed by atoms with van der Waals surface area (Å²) in [7, 11) is 0. The zero-order valence-electron chi connectivity index (χ0n) is 7.40. The van der Waals surface area contributed by atoms with Crippen molar-refractivity contribution in [1.29, 1.82) is 0 Å². The van der Waals surface area contributed by atoms with E-state index in [9.17, 15) is 4.79 Å². The molecule has 1 rings (SSSR count). The fourth-order valence-corrected chi connectivity index (χ4v) is 1.76. The van der Waals surface area contributed by atoms with Gasteiger partial charge in [0.25, 0.3) is 0 Å². The molecule has 0 aliphatic heterocycles. The molecule has 1 aliphatic rings. The Morgan fingerprint density at radius 2 is 2.31 bits per heavy atom. The molecule has 1 saturated carbocycles. The summed E-state index contributed by atoms with van der Waals surface area (Å²) in [6.45, 7) is 0.112. The van der Waals surface area contributed by atoms with Gasteiger partial charge in [-0.3, -0.25) is 4.79 Å². The van der Waals surface area contributed by atoms with Gasteiger partial charge >= 0.3 is 5.97 Å². The summed E-state index contributed by atoms with van der Waals surface area (Å²) in [6, 6.07) is -0.0418. The first-order valence-corrected chi connectivity index (χ1v) is 5.57. The summed E-state index contributed by atoms with van der Waals surface area (Å²) in [4.78, 5) is 10.7. The molecule has 0 heterocycles. The Kier molecular flexibility index (Phi) is 4.55. The quantitative estimate of drug-likeness (QED) is 0.507. The van der Waals surface area contributed by atoms with Crippen molar-refractivity contribution in [3.8, 4) is 0 Å². The van der Waals surface area contributed by atoms with Crippen LogP contribution in [0.2, 0.25) is 0 Å². The number of nitrogens with one attached hydrogen (secondary N) is 1. The number of thioether (sulfide) groups is 1. The Morgan fingerprint density at radius 3 is 2.77 bits per heavy atom.